The van der Waals surface area contributed by atoms with Crippen molar-refractivity contribution in [2.75, 3.05) is 6.54 Å². The molecule has 0 unspecified atom stereocenters. The van der Waals surface area contributed by atoms with Gasteiger partial charge in [-0.25, -0.2) is 4.98 Å². The number of carbonyl (C=O) groups is 1. The highest BCUT2D eigenvalue weighted by Crippen LogP contribution is 2.15. The lowest BCUT2D eigenvalue weighted by molar-refractivity contribution is -0.121. The van der Waals surface area contributed by atoms with Gasteiger partial charge in [-0.2, -0.15) is 5.10 Å². The zero-order valence-electron chi connectivity index (χ0n) is 12.9. The number of aromatic nitrogens is 4. The zero-order chi connectivity index (χ0) is 16.2. The zero-order valence-corrected chi connectivity index (χ0v) is 13.6. The number of nitrogens with zero attached hydrogens (tertiary/aromatic N) is 4. The maximum Gasteiger partial charge on any atom is 0.221 e. The van der Waals surface area contributed by atoms with Crippen molar-refractivity contribution < 1.29 is 4.79 Å². The third-order valence-corrected chi connectivity index (χ3v) is 3.87. The van der Waals surface area contributed by atoms with Crippen molar-refractivity contribution in [1.82, 2.24) is 24.6 Å². The van der Waals surface area contributed by atoms with Crippen LogP contribution in [0.2, 0.25) is 5.02 Å². The molecule has 0 bridgehead atoms. The molecule has 120 valence electrons. The highest BCUT2D eigenvalue weighted by atomic mass is 35.5. The van der Waals surface area contributed by atoms with Gasteiger partial charge < -0.3 is 9.88 Å². The Hall–Kier alpha value is -2.34. The van der Waals surface area contributed by atoms with E-state index < -0.39 is 0 Å². The molecule has 7 heteroatoms. The van der Waals surface area contributed by atoms with Gasteiger partial charge in [0.15, 0.2) is 0 Å². The summed E-state index contributed by atoms with van der Waals surface area (Å²) in [7, 11) is 0. The fraction of sp³-hybridized carbons (Fsp3) is 0.312. The highest BCUT2D eigenvalue weighted by molar-refractivity contribution is 6.30. The summed E-state index contributed by atoms with van der Waals surface area (Å²) in [5.74, 6) is 0.936. The topological polar surface area (TPSA) is 64.7 Å². The van der Waals surface area contributed by atoms with Crippen molar-refractivity contribution in [3.05, 3.63) is 47.5 Å². The van der Waals surface area contributed by atoms with Gasteiger partial charge >= 0.3 is 0 Å². The van der Waals surface area contributed by atoms with E-state index in [9.17, 15) is 4.79 Å². The predicted octanol–water partition coefficient (Wildman–Crippen LogP) is 2.40. The third-order valence-electron chi connectivity index (χ3n) is 3.67. The first-order valence-corrected chi connectivity index (χ1v) is 7.88. The van der Waals surface area contributed by atoms with Crippen LogP contribution in [0.25, 0.3) is 11.0 Å². The van der Waals surface area contributed by atoms with E-state index in [0.717, 1.165) is 16.9 Å². The van der Waals surface area contributed by atoms with Crippen LogP contribution in [0.15, 0.2) is 36.7 Å². The molecule has 3 aromatic rings. The standard InChI is InChI=1S/C16H18ClN5O/c1-12-20-14-4-2-3-5-15(14)22(12)8-6-16(23)18-7-9-21-11-13(17)10-19-21/h2-5,10-11H,6-9H2,1H3,(H,18,23). The number of imidazole rings is 1. The average Bonchev–Trinajstić information content (AvgIpc) is 3.08. The van der Waals surface area contributed by atoms with Gasteiger partial charge in [0, 0.05) is 25.7 Å². The molecule has 0 fully saturated rings. The van der Waals surface area contributed by atoms with Crippen LogP contribution in [-0.4, -0.2) is 31.8 Å². The van der Waals surface area contributed by atoms with Gasteiger partial charge in [-0.1, -0.05) is 23.7 Å². The third kappa shape index (κ3) is 3.71. The van der Waals surface area contributed by atoms with Crippen molar-refractivity contribution in [3.8, 4) is 0 Å². The molecule has 2 aromatic heterocycles. The molecule has 0 spiro atoms. The number of hydrogen-bond acceptors (Lipinski definition) is 3. The van der Waals surface area contributed by atoms with E-state index in [0.29, 0.717) is 31.1 Å². The summed E-state index contributed by atoms with van der Waals surface area (Å²) in [5, 5.41) is 7.56. The molecule has 3 rings (SSSR count). The second-order valence-corrected chi connectivity index (χ2v) is 5.76. The number of fused-ring (bicyclic) bond motifs is 1. The normalized spacial score (nSPS) is 11.0. The minimum atomic E-state index is 0.0143. The van der Waals surface area contributed by atoms with Gasteiger partial charge in [0.25, 0.3) is 0 Å². The summed E-state index contributed by atoms with van der Waals surface area (Å²) in [5.41, 5.74) is 2.02. The molecule has 1 amide bonds. The molecule has 0 atom stereocenters. The van der Waals surface area contributed by atoms with Gasteiger partial charge in [0.05, 0.1) is 28.8 Å². The molecule has 1 aromatic carbocycles. The Morgan fingerprint density at radius 1 is 1.30 bits per heavy atom. The summed E-state index contributed by atoms with van der Waals surface area (Å²) in [6.07, 6.45) is 3.73. The minimum Gasteiger partial charge on any atom is -0.354 e. The maximum absolute atomic E-state index is 12.0. The van der Waals surface area contributed by atoms with Crippen molar-refractivity contribution in [1.29, 1.82) is 0 Å². The summed E-state index contributed by atoms with van der Waals surface area (Å²) in [6, 6.07) is 7.95. The molecular formula is C16H18ClN5O. The van der Waals surface area contributed by atoms with Gasteiger partial charge in [-0.3, -0.25) is 9.48 Å². The monoisotopic (exact) mass is 331 g/mol. The number of rotatable bonds is 6. The molecule has 6 nitrogen and oxygen atoms in total. The summed E-state index contributed by atoms with van der Waals surface area (Å²) < 4.78 is 3.78. The quantitative estimate of drug-likeness (QED) is 0.754. The molecule has 0 saturated carbocycles. The first kappa shape index (κ1) is 15.6. The SMILES string of the molecule is Cc1nc2ccccc2n1CCC(=O)NCCn1cc(Cl)cn1. The van der Waals surface area contributed by atoms with E-state index in [-0.39, 0.29) is 5.91 Å². The number of benzene rings is 1. The van der Waals surface area contributed by atoms with Gasteiger partial charge in [-0.15, -0.1) is 0 Å². The number of para-hydroxylation sites is 2. The molecular weight excluding hydrogens is 314 g/mol. The lowest BCUT2D eigenvalue weighted by Gasteiger charge is -2.08. The Balaban J connectivity index is 1.51. The Morgan fingerprint density at radius 3 is 2.91 bits per heavy atom. The smallest absolute Gasteiger partial charge is 0.221 e. The van der Waals surface area contributed by atoms with E-state index in [4.69, 9.17) is 11.6 Å². The Morgan fingerprint density at radius 2 is 2.13 bits per heavy atom. The molecule has 1 N–H and O–H groups in total. The number of carbonyl (C=O) groups excluding carboxylic acids is 1. The first-order chi connectivity index (χ1) is 11.1. The summed E-state index contributed by atoms with van der Waals surface area (Å²) in [6.45, 7) is 3.71. The van der Waals surface area contributed by atoms with Crippen LogP contribution in [0.3, 0.4) is 0 Å². The highest BCUT2D eigenvalue weighted by Gasteiger charge is 2.08. The van der Waals surface area contributed by atoms with Crippen LogP contribution >= 0.6 is 11.6 Å². The first-order valence-electron chi connectivity index (χ1n) is 7.50. The van der Waals surface area contributed by atoms with Crippen molar-refractivity contribution in [3.63, 3.8) is 0 Å². The minimum absolute atomic E-state index is 0.0143. The van der Waals surface area contributed by atoms with Crippen molar-refractivity contribution in [2.24, 2.45) is 0 Å². The van der Waals surface area contributed by atoms with E-state index in [1.807, 2.05) is 31.2 Å². The second-order valence-electron chi connectivity index (χ2n) is 5.32. The van der Waals surface area contributed by atoms with Gasteiger partial charge in [0.2, 0.25) is 5.91 Å². The van der Waals surface area contributed by atoms with E-state index in [1.165, 1.54) is 0 Å². The van der Waals surface area contributed by atoms with Gasteiger partial charge in [-0.05, 0) is 19.1 Å². The predicted molar refractivity (Wildman–Crippen MR) is 89.3 cm³/mol. The Kier molecular flexibility index (Phi) is 4.62. The average molecular weight is 332 g/mol. The lowest BCUT2D eigenvalue weighted by atomic mass is 10.3. The lowest BCUT2D eigenvalue weighted by Crippen LogP contribution is -2.28. The van der Waals surface area contributed by atoms with Crippen LogP contribution < -0.4 is 5.32 Å². The van der Waals surface area contributed by atoms with E-state index >= 15 is 0 Å². The second kappa shape index (κ2) is 6.83. The number of amides is 1. The largest absolute Gasteiger partial charge is 0.354 e. The molecule has 0 aliphatic heterocycles. The number of aryl methyl sites for hydroxylation is 2. The van der Waals surface area contributed by atoms with E-state index in [2.05, 4.69) is 20.0 Å². The molecule has 0 aliphatic carbocycles. The van der Waals surface area contributed by atoms with Crippen LogP contribution in [0.5, 0.6) is 0 Å². The Bertz CT molecular complexity index is 823. The van der Waals surface area contributed by atoms with Crippen molar-refractivity contribution >= 4 is 28.5 Å². The van der Waals surface area contributed by atoms with Crippen LogP contribution in [0.1, 0.15) is 12.2 Å². The fourth-order valence-electron chi connectivity index (χ4n) is 2.55. The fourth-order valence-corrected chi connectivity index (χ4v) is 2.71. The summed E-state index contributed by atoms with van der Waals surface area (Å²) >= 11 is 5.79. The Labute approximate surface area is 139 Å². The molecule has 2 heterocycles. The molecule has 23 heavy (non-hydrogen) atoms. The molecule has 0 radical (unpaired) electrons. The number of nitrogens with one attached hydrogen (secondary N) is 1. The number of hydrogen-bond donors (Lipinski definition) is 1. The summed E-state index contributed by atoms with van der Waals surface area (Å²) in [4.78, 5) is 16.5. The molecule has 0 aliphatic rings. The van der Waals surface area contributed by atoms with Crippen LogP contribution in [0, 0.1) is 6.92 Å². The van der Waals surface area contributed by atoms with Crippen molar-refractivity contribution in [2.45, 2.75) is 26.4 Å². The van der Waals surface area contributed by atoms with Gasteiger partial charge in [0.1, 0.15) is 5.82 Å². The maximum atomic E-state index is 12.0. The van der Waals surface area contributed by atoms with Crippen LogP contribution in [-0.2, 0) is 17.9 Å². The molecule has 0 saturated heterocycles. The number of halogens is 1. The van der Waals surface area contributed by atoms with E-state index in [1.54, 1.807) is 17.1 Å². The van der Waals surface area contributed by atoms with Crippen LogP contribution in [0.4, 0.5) is 0 Å².